The molecular weight excluding hydrogens is 342 g/mol. The average Bonchev–Trinajstić information content (AvgIpc) is 3.09. The van der Waals surface area contributed by atoms with Gasteiger partial charge >= 0.3 is 6.03 Å². The quantitative estimate of drug-likeness (QED) is 0.623. The number of benzene rings is 2. The van der Waals surface area contributed by atoms with Crippen molar-refractivity contribution in [3.63, 3.8) is 0 Å². The van der Waals surface area contributed by atoms with E-state index in [1.54, 1.807) is 12.1 Å². The number of carbonyl (C=O) groups is 1. The highest BCUT2D eigenvalue weighted by Crippen LogP contribution is 2.17. The molecule has 3 aromatic rings. The number of hydrogen-bond donors (Lipinski definition) is 3. The van der Waals surface area contributed by atoms with Gasteiger partial charge in [-0.15, -0.1) is 0 Å². The third-order valence-corrected chi connectivity index (χ3v) is 4.27. The van der Waals surface area contributed by atoms with Crippen molar-refractivity contribution in [2.24, 2.45) is 0 Å². The summed E-state index contributed by atoms with van der Waals surface area (Å²) in [6.45, 7) is 0. The highest BCUT2D eigenvalue weighted by molar-refractivity contribution is 7.85. The summed E-state index contributed by atoms with van der Waals surface area (Å²) in [6.07, 6.45) is 3.83. The first-order valence-electron chi connectivity index (χ1n) is 7.31. The minimum absolute atomic E-state index is 0.247. The fraction of sp³-hybridized carbons (Fsp3) is 0. The van der Waals surface area contributed by atoms with Gasteiger partial charge in [0.05, 0.1) is 4.90 Å². The molecule has 0 saturated heterocycles. The van der Waals surface area contributed by atoms with Gasteiger partial charge in [-0.05, 0) is 54.6 Å². The van der Waals surface area contributed by atoms with Crippen LogP contribution in [0.15, 0.2) is 78.0 Å². The molecule has 128 valence electrons. The smallest absolute Gasteiger partial charge is 0.323 e. The van der Waals surface area contributed by atoms with E-state index in [0.29, 0.717) is 5.69 Å². The lowest BCUT2D eigenvalue weighted by Crippen LogP contribution is -2.19. The molecule has 2 amide bonds. The zero-order valence-corrected chi connectivity index (χ0v) is 13.8. The van der Waals surface area contributed by atoms with Crippen LogP contribution in [-0.4, -0.2) is 23.6 Å². The lowest BCUT2D eigenvalue weighted by Gasteiger charge is -2.09. The Balaban J connectivity index is 1.67. The molecule has 3 N–H and O–H groups in total. The molecule has 0 saturated carbocycles. The summed E-state index contributed by atoms with van der Waals surface area (Å²) in [7, 11) is -4.32. The lowest BCUT2D eigenvalue weighted by atomic mass is 10.3. The SMILES string of the molecule is O=C(Nc1ccc(-n2cccc2)cc1)Nc1cccc(S(=O)(=O)O)c1. The Morgan fingerprint density at radius 2 is 1.52 bits per heavy atom. The number of anilines is 2. The maximum absolute atomic E-state index is 12.0. The zero-order valence-electron chi connectivity index (χ0n) is 13.0. The van der Waals surface area contributed by atoms with Gasteiger partial charge in [-0.1, -0.05) is 6.07 Å². The highest BCUT2D eigenvalue weighted by atomic mass is 32.2. The van der Waals surface area contributed by atoms with Crippen molar-refractivity contribution in [1.82, 2.24) is 4.57 Å². The van der Waals surface area contributed by atoms with E-state index in [9.17, 15) is 13.2 Å². The van der Waals surface area contributed by atoms with Crippen LogP contribution in [0, 0.1) is 0 Å². The summed E-state index contributed by atoms with van der Waals surface area (Å²) < 4.78 is 33.2. The highest BCUT2D eigenvalue weighted by Gasteiger charge is 2.11. The molecule has 1 heterocycles. The molecule has 0 atom stereocenters. The number of urea groups is 1. The van der Waals surface area contributed by atoms with E-state index in [-0.39, 0.29) is 10.6 Å². The number of hydrogen-bond acceptors (Lipinski definition) is 3. The second-order valence-electron chi connectivity index (χ2n) is 5.22. The van der Waals surface area contributed by atoms with E-state index in [1.165, 1.54) is 24.3 Å². The van der Waals surface area contributed by atoms with Crippen molar-refractivity contribution in [2.75, 3.05) is 10.6 Å². The molecule has 0 spiro atoms. The van der Waals surface area contributed by atoms with Crippen LogP contribution in [0.25, 0.3) is 5.69 Å². The summed E-state index contributed by atoms with van der Waals surface area (Å²) in [5, 5.41) is 5.16. The number of aromatic nitrogens is 1. The van der Waals surface area contributed by atoms with Gasteiger partial charge in [0, 0.05) is 29.5 Å². The average molecular weight is 357 g/mol. The van der Waals surface area contributed by atoms with Crippen LogP contribution >= 0.6 is 0 Å². The molecule has 1 aromatic heterocycles. The summed E-state index contributed by atoms with van der Waals surface area (Å²) >= 11 is 0. The van der Waals surface area contributed by atoms with Crippen LogP contribution in [0.3, 0.4) is 0 Å². The number of amides is 2. The predicted octanol–water partition coefficient (Wildman–Crippen LogP) is 3.37. The van der Waals surface area contributed by atoms with Gasteiger partial charge in [0.1, 0.15) is 0 Å². The Bertz CT molecular complexity index is 981. The first kappa shape index (κ1) is 16.7. The van der Waals surface area contributed by atoms with Crippen LogP contribution < -0.4 is 10.6 Å². The monoisotopic (exact) mass is 357 g/mol. The van der Waals surface area contributed by atoms with Crippen molar-refractivity contribution in [2.45, 2.75) is 4.90 Å². The van der Waals surface area contributed by atoms with Crippen LogP contribution in [0.1, 0.15) is 0 Å². The van der Waals surface area contributed by atoms with Gasteiger partial charge in [0.15, 0.2) is 0 Å². The van der Waals surface area contributed by atoms with E-state index >= 15 is 0 Å². The van der Waals surface area contributed by atoms with Gasteiger partial charge in [0.2, 0.25) is 0 Å². The van der Waals surface area contributed by atoms with Crippen molar-refractivity contribution in [1.29, 1.82) is 0 Å². The Hall–Kier alpha value is -3.10. The fourth-order valence-corrected chi connectivity index (χ4v) is 2.78. The topological polar surface area (TPSA) is 100 Å². The Morgan fingerprint density at radius 3 is 2.16 bits per heavy atom. The third-order valence-electron chi connectivity index (χ3n) is 3.42. The normalized spacial score (nSPS) is 11.1. The molecule has 7 nitrogen and oxygen atoms in total. The van der Waals surface area contributed by atoms with Crippen LogP contribution in [0.4, 0.5) is 16.2 Å². The third kappa shape index (κ3) is 4.25. The van der Waals surface area contributed by atoms with Gasteiger partial charge in [-0.3, -0.25) is 4.55 Å². The lowest BCUT2D eigenvalue weighted by molar-refractivity contribution is 0.262. The standard InChI is InChI=1S/C17H15N3O4S/c21-17(19-14-4-3-5-16(12-14)25(22,23)24)18-13-6-8-15(9-7-13)20-10-1-2-11-20/h1-12H,(H2,18,19,21)(H,22,23,24). The molecule has 0 radical (unpaired) electrons. The predicted molar refractivity (Wildman–Crippen MR) is 94.7 cm³/mol. The summed E-state index contributed by atoms with van der Waals surface area (Å²) in [4.78, 5) is 11.7. The zero-order chi connectivity index (χ0) is 17.9. The minimum atomic E-state index is -4.32. The Labute approximate surface area is 144 Å². The molecule has 0 aliphatic carbocycles. The maximum atomic E-state index is 12.0. The molecule has 0 bridgehead atoms. The molecular formula is C17H15N3O4S. The van der Waals surface area contributed by atoms with E-state index in [0.717, 1.165) is 5.69 Å². The summed E-state index contributed by atoms with van der Waals surface area (Å²) in [5.74, 6) is 0. The largest absolute Gasteiger partial charge is 0.324 e. The van der Waals surface area contributed by atoms with E-state index in [4.69, 9.17) is 4.55 Å². The summed E-state index contributed by atoms with van der Waals surface area (Å²) in [6, 6.07) is 15.9. The fourth-order valence-electron chi connectivity index (χ4n) is 2.25. The van der Waals surface area contributed by atoms with Crippen molar-refractivity contribution >= 4 is 27.5 Å². The number of nitrogens with zero attached hydrogens (tertiary/aromatic N) is 1. The second kappa shape index (κ2) is 6.80. The van der Waals surface area contributed by atoms with Gasteiger partial charge < -0.3 is 15.2 Å². The first-order chi connectivity index (χ1) is 11.9. The summed E-state index contributed by atoms with van der Waals surface area (Å²) in [5.41, 5.74) is 1.78. The Kier molecular flexibility index (Phi) is 4.55. The maximum Gasteiger partial charge on any atom is 0.323 e. The van der Waals surface area contributed by atoms with E-state index in [1.807, 2.05) is 41.2 Å². The second-order valence-corrected chi connectivity index (χ2v) is 6.64. The molecule has 0 aliphatic heterocycles. The van der Waals surface area contributed by atoms with Crippen LogP contribution in [-0.2, 0) is 10.1 Å². The first-order valence-corrected chi connectivity index (χ1v) is 8.75. The molecule has 25 heavy (non-hydrogen) atoms. The van der Waals surface area contributed by atoms with Crippen molar-refractivity contribution in [3.8, 4) is 5.69 Å². The van der Waals surface area contributed by atoms with Crippen molar-refractivity contribution in [3.05, 3.63) is 73.1 Å². The van der Waals surface area contributed by atoms with Crippen molar-refractivity contribution < 1.29 is 17.8 Å². The van der Waals surface area contributed by atoms with E-state index < -0.39 is 16.1 Å². The molecule has 8 heteroatoms. The Morgan fingerprint density at radius 1 is 0.880 bits per heavy atom. The molecule has 2 aromatic carbocycles. The van der Waals surface area contributed by atoms with E-state index in [2.05, 4.69) is 10.6 Å². The number of rotatable bonds is 4. The van der Waals surface area contributed by atoms with Crippen LogP contribution in [0.5, 0.6) is 0 Å². The molecule has 0 unspecified atom stereocenters. The molecule has 0 fully saturated rings. The van der Waals surface area contributed by atoms with Crippen LogP contribution in [0.2, 0.25) is 0 Å². The molecule has 0 aliphatic rings. The molecule has 3 rings (SSSR count). The number of nitrogens with one attached hydrogen (secondary N) is 2. The number of carbonyl (C=O) groups excluding carboxylic acids is 1. The van der Waals surface area contributed by atoms with Gasteiger partial charge in [-0.25, -0.2) is 4.79 Å². The van der Waals surface area contributed by atoms with Gasteiger partial charge in [-0.2, -0.15) is 8.42 Å². The van der Waals surface area contributed by atoms with Gasteiger partial charge in [0.25, 0.3) is 10.1 Å². The minimum Gasteiger partial charge on any atom is -0.324 e.